The minimum Gasteiger partial charge on any atom is -0.449 e. The Balaban J connectivity index is 1.76. The predicted octanol–water partition coefficient (Wildman–Crippen LogP) is 0.547. The molecule has 2 amide bonds. The van der Waals surface area contributed by atoms with Crippen LogP contribution in [0, 0.1) is 6.07 Å². The Morgan fingerprint density at radius 2 is 2.27 bits per heavy atom. The number of ether oxygens (including phenoxy) is 1. The molecule has 7 nitrogen and oxygen atoms in total. The maximum absolute atomic E-state index is 11.9. The van der Waals surface area contributed by atoms with Crippen LogP contribution in [0.3, 0.4) is 0 Å². The van der Waals surface area contributed by atoms with Crippen molar-refractivity contribution in [3.63, 3.8) is 0 Å². The summed E-state index contributed by atoms with van der Waals surface area (Å²) in [7, 11) is 0. The van der Waals surface area contributed by atoms with Gasteiger partial charge in [-0.25, -0.2) is 9.78 Å². The zero-order chi connectivity index (χ0) is 15.5. The minimum atomic E-state index is -0.486. The Labute approximate surface area is 129 Å². The molecule has 0 saturated carbocycles. The van der Waals surface area contributed by atoms with E-state index in [4.69, 9.17) is 10.5 Å². The summed E-state index contributed by atoms with van der Waals surface area (Å²) in [6, 6.07) is 6.05. The van der Waals surface area contributed by atoms with Gasteiger partial charge in [-0.3, -0.25) is 4.79 Å². The number of carbonyl (C=O) groups excluding carboxylic acids is 2. The molecule has 1 radical (unpaired) electrons. The van der Waals surface area contributed by atoms with E-state index >= 15 is 0 Å². The number of piperidine rings is 1. The van der Waals surface area contributed by atoms with Crippen molar-refractivity contribution in [2.75, 3.05) is 24.6 Å². The van der Waals surface area contributed by atoms with E-state index in [0.717, 1.165) is 12.8 Å². The van der Waals surface area contributed by atoms with Crippen LogP contribution < -0.4 is 10.6 Å². The summed E-state index contributed by atoms with van der Waals surface area (Å²) in [6.07, 6.45) is 3.44. The van der Waals surface area contributed by atoms with Gasteiger partial charge in [-0.05, 0) is 31.4 Å². The molecule has 22 heavy (non-hydrogen) atoms. The number of aromatic nitrogens is 1. The maximum Gasteiger partial charge on any atom is 0.410 e. The van der Waals surface area contributed by atoms with Crippen LogP contribution >= 0.6 is 0 Å². The Bertz CT molecular complexity index is 551. The smallest absolute Gasteiger partial charge is 0.410 e. The van der Waals surface area contributed by atoms with E-state index < -0.39 is 11.9 Å². The Hall–Kier alpha value is -2.31. The fraction of sp³-hybridized carbons (Fsp3) is 0.533. The number of pyridine rings is 1. The average molecular weight is 303 g/mol. The number of primary amides is 1. The molecule has 2 unspecified atom stereocenters. The summed E-state index contributed by atoms with van der Waals surface area (Å²) >= 11 is 0. The van der Waals surface area contributed by atoms with Crippen LogP contribution in [0.5, 0.6) is 0 Å². The first-order chi connectivity index (χ1) is 10.7. The molecule has 2 saturated heterocycles. The molecule has 7 heteroatoms. The van der Waals surface area contributed by atoms with E-state index in [0.29, 0.717) is 31.9 Å². The van der Waals surface area contributed by atoms with Gasteiger partial charge in [-0.1, -0.05) is 0 Å². The minimum absolute atomic E-state index is 0.0229. The Morgan fingerprint density at radius 1 is 1.41 bits per heavy atom. The highest BCUT2D eigenvalue weighted by Gasteiger charge is 2.38. The van der Waals surface area contributed by atoms with Crippen LogP contribution in [0.4, 0.5) is 10.6 Å². The lowest BCUT2D eigenvalue weighted by atomic mass is 9.95. The highest BCUT2D eigenvalue weighted by Crippen LogP contribution is 2.27. The number of nitrogens with zero attached hydrogens (tertiary/aromatic N) is 3. The second kappa shape index (κ2) is 6.21. The Morgan fingerprint density at radius 3 is 2.95 bits per heavy atom. The molecular formula is C15H19N4O3. The number of rotatable bonds is 3. The number of carbonyl (C=O) groups is 2. The summed E-state index contributed by atoms with van der Waals surface area (Å²) < 4.78 is 5.09. The topological polar surface area (TPSA) is 88.8 Å². The molecule has 3 heterocycles. The quantitative estimate of drug-likeness (QED) is 0.880. The van der Waals surface area contributed by atoms with Gasteiger partial charge >= 0.3 is 6.09 Å². The first-order valence-electron chi connectivity index (χ1n) is 7.49. The summed E-state index contributed by atoms with van der Waals surface area (Å²) in [5, 5.41) is 0. The highest BCUT2D eigenvalue weighted by atomic mass is 16.6. The largest absolute Gasteiger partial charge is 0.449 e. The molecule has 2 atom stereocenters. The summed E-state index contributed by atoms with van der Waals surface area (Å²) in [4.78, 5) is 31.6. The SMILES string of the molecule is NC(=O)C1CC(N2CCCOC2=O)CCN1c1[c]cccn1. The molecule has 1 aromatic heterocycles. The van der Waals surface area contributed by atoms with E-state index in [2.05, 4.69) is 11.1 Å². The molecule has 2 fully saturated rings. The molecule has 117 valence electrons. The standard InChI is InChI=1S/C15H19N4O3/c16-14(20)12-10-11(18-7-3-9-22-15(18)21)5-8-19(12)13-4-1-2-6-17-13/h1-2,6,11-12H,3,5,7-10H2,(H2,16,20). The van der Waals surface area contributed by atoms with Crippen LogP contribution in [0.2, 0.25) is 0 Å². The normalized spacial score (nSPS) is 25.7. The zero-order valence-electron chi connectivity index (χ0n) is 12.3. The van der Waals surface area contributed by atoms with E-state index in [-0.39, 0.29) is 12.1 Å². The van der Waals surface area contributed by atoms with Gasteiger partial charge in [0, 0.05) is 31.4 Å². The molecule has 1 aromatic rings. The number of hydrogen-bond acceptors (Lipinski definition) is 5. The number of hydrogen-bond donors (Lipinski definition) is 1. The molecular weight excluding hydrogens is 284 g/mol. The lowest BCUT2D eigenvalue weighted by Gasteiger charge is -2.43. The third kappa shape index (κ3) is 2.84. The molecule has 3 rings (SSSR count). The van der Waals surface area contributed by atoms with Crippen molar-refractivity contribution in [2.24, 2.45) is 5.73 Å². The van der Waals surface area contributed by atoms with E-state index in [1.807, 2.05) is 4.90 Å². The van der Waals surface area contributed by atoms with Gasteiger partial charge in [0.2, 0.25) is 5.91 Å². The van der Waals surface area contributed by atoms with E-state index in [9.17, 15) is 9.59 Å². The van der Waals surface area contributed by atoms with Gasteiger partial charge in [0.1, 0.15) is 11.9 Å². The van der Waals surface area contributed by atoms with E-state index in [1.54, 1.807) is 23.2 Å². The molecule has 0 aromatic carbocycles. The lowest BCUT2D eigenvalue weighted by Crippen LogP contribution is -2.57. The van der Waals surface area contributed by atoms with Crippen LogP contribution in [-0.2, 0) is 9.53 Å². The molecule has 2 aliphatic rings. The van der Waals surface area contributed by atoms with Crippen molar-refractivity contribution in [3.8, 4) is 0 Å². The summed E-state index contributed by atoms with van der Waals surface area (Å²) in [5.41, 5.74) is 5.56. The van der Waals surface area contributed by atoms with Crippen molar-refractivity contribution in [3.05, 3.63) is 24.4 Å². The van der Waals surface area contributed by atoms with Gasteiger partial charge in [-0.15, -0.1) is 0 Å². The van der Waals surface area contributed by atoms with Crippen molar-refractivity contribution in [1.29, 1.82) is 0 Å². The highest BCUT2D eigenvalue weighted by molar-refractivity contribution is 5.83. The first-order valence-corrected chi connectivity index (χ1v) is 7.49. The third-order valence-electron chi connectivity index (χ3n) is 4.21. The van der Waals surface area contributed by atoms with Gasteiger partial charge in [0.15, 0.2) is 0 Å². The summed E-state index contributed by atoms with van der Waals surface area (Å²) in [5.74, 6) is 0.208. The molecule has 0 aliphatic carbocycles. The predicted molar refractivity (Wildman–Crippen MR) is 79.1 cm³/mol. The van der Waals surface area contributed by atoms with Crippen LogP contribution in [0.25, 0.3) is 0 Å². The van der Waals surface area contributed by atoms with Gasteiger partial charge in [0.05, 0.1) is 6.61 Å². The molecule has 2 N–H and O–H groups in total. The van der Waals surface area contributed by atoms with Crippen LogP contribution in [0.1, 0.15) is 19.3 Å². The monoisotopic (exact) mass is 303 g/mol. The lowest BCUT2D eigenvalue weighted by molar-refractivity contribution is -0.120. The van der Waals surface area contributed by atoms with Gasteiger partial charge in [-0.2, -0.15) is 0 Å². The number of nitrogens with two attached hydrogens (primary N) is 1. The van der Waals surface area contributed by atoms with Gasteiger partial charge in [0.25, 0.3) is 0 Å². The number of amides is 2. The maximum atomic E-state index is 11.9. The van der Waals surface area contributed by atoms with Crippen molar-refractivity contribution < 1.29 is 14.3 Å². The first kappa shape index (κ1) is 14.6. The van der Waals surface area contributed by atoms with Gasteiger partial charge < -0.3 is 20.3 Å². The fourth-order valence-corrected chi connectivity index (χ4v) is 3.13. The summed E-state index contributed by atoms with van der Waals surface area (Å²) in [6.45, 7) is 1.75. The van der Waals surface area contributed by atoms with E-state index in [1.165, 1.54) is 0 Å². The molecule has 0 bridgehead atoms. The van der Waals surface area contributed by atoms with Crippen LogP contribution in [-0.4, -0.2) is 53.7 Å². The average Bonchev–Trinajstić information content (AvgIpc) is 2.55. The second-order valence-corrected chi connectivity index (χ2v) is 5.56. The van der Waals surface area contributed by atoms with Crippen molar-refractivity contribution >= 4 is 17.8 Å². The van der Waals surface area contributed by atoms with Crippen LogP contribution in [0.15, 0.2) is 18.3 Å². The zero-order valence-corrected chi connectivity index (χ0v) is 12.3. The number of cyclic esters (lactones) is 1. The van der Waals surface area contributed by atoms with Crippen molar-refractivity contribution in [1.82, 2.24) is 9.88 Å². The van der Waals surface area contributed by atoms with Crippen molar-refractivity contribution in [2.45, 2.75) is 31.3 Å². The third-order valence-corrected chi connectivity index (χ3v) is 4.21. The fourth-order valence-electron chi connectivity index (χ4n) is 3.13. The number of anilines is 1. The second-order valence-electron chi connectivity index (χ2n) is 5.56. The molecule has 2 aliphatic heterocycles. The molecule has 0 spiro atoms. The Kier molecular flexibility index (Phi) is 4.13.